The van der Waals surface area contributed by atoms with Crippen LogP contribution in [0, 0.1) is 0 Å². The Morgan fingerprint density at radius 3 is 2.53 bits per heavy atom. The molecule has 1 aromatic heterocycles. The second kappa shape index (κ2) is 2.95. The molecule has 15 heavy (non-hydrogen) atoms. The van der Waals surface area contributed by atoms with Crippen LogP contribution < -0.4 is 5.73 Å². The van der Waals surface area contributed by atoms with Gasteiger partial charge in [-0.2, -0.15) is 0 Å². The van der Waals surface area contributed by atoms with E-state index in [4.69, 9.17) is 5.73 Å². The van der Waals surface area contributed by atoms with Gasteiger partial charge in [-0.1, -0.05) is 30.3 Å². The molecule has 3 aromatic rings. The number of nitrogens with two attached hydrogens (primary N) is 1. The summed E-state index contributed by atoms with van der Waals surface area (Å²) in [7, 11) is 0. The molecule has 0 aliphatic carbocycles. The lowest BCUT2D eigenvalue weighted by Crippen LogP contribution is -1.88. The lowest BCUT2D eigenvalue weighted by molar-refractivity contribution is 1.44. The number of hydrogen-bond acceptors (Lipinski definition) is 2. The molecule has 2 nitrogen and oxygen atoms in total. The first-order chi connectivity index (χ1) is 7.36. The number of nitrogen functional groups attached to an aromatic ring is 1. The molecular formula is C13H10N2. The van der Waals surface area contributed by atoms with Crippen molar-refractivity contribution in [3.05, 3.63) is 48.7 Å². The highest BCUT2D eigenvalue weighted by molar-refractivity contribution is 6.08. The topological polar surface area (TPSA) is 38.9 Å². The van der Waals surface area contributed by atoms with Gasteiger partial charge >= 0.3 is 0 Å². The minimum absolute atomic E-state index is 0.783. The van der Waals surface area contributed by atoms with E-state index in [9.17, 15) is 0 Å². The smallest absolute Gasteiger partial charge is 0.0708 e. The summed E-state index contributed by atoms with van der Waals surface area (Å²) in [6.07, 6.45) is 1.84. The van der Waals surface area contributed by atoms with E-state index >= 15 is 0 Å². The highest BCUT2D eigenvalue weighted by Gasteiger charge is 2.02. The molecular weight excluding hydrogens is 184 g/mol. The van der Waals surface area contributed by atoms with Gasteiger partial charge in [0.25, 0.3) is 0 Å². The standard InChI is InChI=1S/C13H10N2/c14-12-6-3-5-9-10-4-1-2-7-13(10)15-8-11(9)12/h1-8H,14H2. The molecule has 0 radical (unpaired) electrons. The van der Waals surface area contributed by atoms with Gasteiger partial charge in [0.15, 0.2) is 0 Å². The normalized spacial score (nSPS) is 10.9. The predicted octanol–water partition coefficient (Wildman–Crippen LogP) is 2.97. The Morgan fingerprint density at radius 1 is 0.800 bits per heavy atom. The van der Waals surface area contributed by atoms with E-state index in [1.54, 1.807) is 0 Å². The third-order valence-electron chi connectivity index (χ3n) is 2.67. The quantitative estimate of drug-likeness (QED) is 0.441. The second-order valence-corrected chi connectivity index (χ2v) is 3.58. The van der Waals surface area contributed by atoms with Gasteiger partial charge in [-0.3, -0.25) is 4.98 Å². The number of rotatable bonds is 0. The predicted molar refractivity (Wildman–Crippen MR) is 63.7 cm³/mol. The largest absolute Gasteiger partial charge is 0.398 e. The van der Waals surface area contributed by atoms with Gasteiger partial charge in [0.05, 0.1) is 5.52 Å². The first-order valence-electron chi connectivity index (χ1n) is 4.88. The second-order valence-electron chi connectivity index (χ2n) is 3.58. The Bertz CT molecular complexity index is 644. The third kappa shape index (κ3) is 1.15. The van der Waals surface area contributed by atoms with Gasteiger partial charge in [-0.05, 0) is 17.5 Å². The number of aromatic nitrogens is 1. The van der Waals surface area contributed by atoms with Gasteiger partial charge in [-0.25, -0.2) is 0 Å². The van der Waals surface area contributed by atoms with Crippen molar-refractivity contribution >= 4 is 27.4 Å². The summed E-state index contributed by atoms with van der Waals surface area (Å²) in [6, 6.07) is 14.1. The summed E-state index contributed by atoms with van der Waals surface area (Å²) in [5.74, 6) is 0. The van der Waals surface area contributed by atoms with Gasteiger partial charge in [0, 0.05) is 22.7 Å². The first-order valence-corrected chi connectivity index (χ1v) is 4.88. The summed E-state index contributed by atoms with van der Waals surface area (Å²) in [5, 5.41) is 3.35. The van der Waals surface area contributed by atoms with Crippen LogP contribution in [0.15, 0.2) is 48.7 Å². The van der Waals surface area contributed by atoms with Crippen molar-refractivity contribution in [3.63, 3.8) is 0 Å². The van der Waals surface area contributed by atoms with E-state index in [-0.39, 0.29) is 0 Å². The summed E-state index contributed by atoms with van der Waals surface area (Å²) in [5.41, 5.74) is 7.70. The fourth-order valence-corrected chi connectivity index (χ4v) is 1.91. The van der Waals surface area contributed by atoms with Gasteiger partial charge in [0.1, 0.15) is 0 Å². The van der Waals surface area contributed by atoms with Crippen LogP contribution in [0.1, 0.15) is 0 Å². The van der Waals surface area contributed by atoms with Crippen LogP contribution in [-0.4, -0.2) is 4.98 Å². The average Bonchev–Trinajstić information content (AvgIpc) is 2.29. The number of fused-ring (bicyclic) bond motifs is 3. The van der Waals surface area contributed by atoms with Crippen molar-refractivity contribution in [2.24, 2.45) is 0 Å². The zero-order chi connectivity index (χ0) is 10.3. The number of benzene rings is 2. The van der Waals surface area contributed by atoms with Crippen molar-refractivity contribution in [1.82, 2.24) is 4.98 Å². The highest BCUT2D eigenvalue weighted by atomic mass is 14.7. The molecule has 0 aliphatic heterocycles. The molecule has 0 atom stereocenters. The molecule has 2 aromatic carbocycles. The van der Waals surface area contributed by atoms with Crippen molar-refractivity contribution < 1.29 is 0 Å². The van der Waals surface area contributed by atoms with Crippen molar-refractivity contribution in [1.29, 1.82) is 0 Å². The molecule has 2 N–H and O–H groups in total. The maximum atomic E-state index is 5.91. The van der Waals surface area contributed by atoms with Crippen LogP contribution >= 0.6 is 0 Å². The fraction of sp³-hybridized carbons (Fsp3) is 0. The minimum Gasteiger partial charge on any atom is -0.398 e. The van der Waals surface area contributed by atoms with Gasteiger partial charge in [-0.15, -0.1) is 0 Å². The third-order valence-corrected chi connectivity index (χ3v) is 2.67. The molecule has 3 rings (SSSR count). The molecule has 0 unspecified atom stereocenters. The van der Waals surface area contributed by atoms with Crippen molar-refractivity contribution in [2.75, 3.05) is 5.73 Å². The molecule has 0 aliphatic rings. The molecule has 72 valence electrons. The van der Waals surface area contributed by atoms with Crippen LogP contribution in [0.2, 0.25) is 0 Å². The van der Waals surface area contributed by atoms with Crippen LogP contribution in [0.4, 0.5) is 5.69 Å². The molecule has 0 saturated heterocycles. The summed E-state index contributed by atoms with van der Waals surface area (Å²) >= 11 is 0. The number of pyridine rings is 1. The lowest BCUT2D eigenvalue weighted by Gasteiger charge is -2.04. The molecule has 0 bridgehead atoms. The Hall–Kier alpha value is -2.09. The summed E-state index contributed by atoms with van der Waals surface area (Å²) in [4.78, 5) is 4.39. The number of hydrogen-bond donors (Lipinski definition) is 1. The summed E-state index contributed by atoms with van der Waals surface area (Å²) < 4.78 is 0. The number of nitrogens with zero attached hydrogens (tertiary/aromatic N) is 1. The first kappa shape index (κ1) is 8.24. The molecule has 0 spiro atoms. The van der Waals surface area contributed by atoms with Crippen LogP contribution in [-0.2, 0) is 0 Å². The van der Waals surface area contributed by atoms with Crippen molar-refractivity contribution in [3.8, 4) is 0 Å². The molecule has 1 heterocycles. The lowest BCUT2D eigenvalue weighted by atomic mass is 10.1. The Balaban J connectivity index is 2.60. The van der Waals surface area contributed by atoms with Crippen LogP contribution in [0.5, 0.6) is 0 Å². The maximum Gasteiger partial charge on any atom is 0.0708 e. The number of para-hydroxylation sites is 1. The Kier molecular flexibility index (Phi) is 1.62. The molecule has 0 saturated carbocycles. The fourth-order valence-electron chi connectivity index (χ4n) is 1.91. The molecule has 0 amide bonds. The highest BCUT2D eigenvalue weighted by Crippen LogP contribution is 2.26. The van der Waals surface area contributed by atoms with E-state index in [2.05, 4.69) is 17.1 Å². The summed E-state index contributed by atoms with van der Waals surface area (Å²) in [6.45, 7) is 0. The molecule has 2 heteroatoms. The van der Waals surface area contributed by atoms with Gasteiger partial charge in [0.2, 0.25) is 0 Å². The Morgan fingerprint density at radius 2 is 1.60 bits per heavy atom. The zero-order valence-corrected chi connectivity index (χ0v) is 8.14. The van der Waals surface area contributed by atoms with E-state index in [0.29, 0.717) is 0 Å². The molecule has 0 fully saturated rings. The van der Waals surface area contributed by atoms with Crippen LogP contribution in [0.3, 0.4) is 0 Å². The maximum absolute atomic E-state index is 5.91. The van der Waals surface area contributed by atoms with Crippen molar-refractivity contribution in [2.45, 2.75) is 0 Å². The van der Waals surface area contributed by atoms with E-state index in [1.165, 1.54) is 5.39 Å². The monoisotopic (exact) mass is 194 g/mol. The van der Waals surface area contributed by atoms with Gasteiger partial charge < -0.3 is 5.73 Å². The number of anilines is 1. The van der Waals surface area contributed by atoms with E-state index in [0.717, 1.165) is 22.0 Å². The van der Waals surface area contributed by atoms with E-state index in [1.807, 2.05) is 36.5 Å². The Labute approximate surface area is 87.4 Å². The van der Waals surface area contributed by atoms with E-state index < -0.39 is 0 Å². The van der Waals surface area contributed by atoms with Crippen LogP contribution in [0.25, 0.3) is 21.7 Å². The average molecular weight is 194 g/mol. The minimum atomic E-state index is 0.783. The SMILES string of the molecule is Nc1cccc2c1cnc1ccccc12. The zero-order valence-electron chi connectivity index (χ0n) is 8.14.